The van der Waals surface area contributed by atoms with Gasteiger partial charge in [-0.05, 0) is 55.4 Å². The number of alkyl halides is 2. The normalized spacial score (nSPS) is 20.1. The molecule has 3 aliphatic rings. The van der Waals surface area contributed by atoms with E-state index in [1.54, 1.807) is 12.1 Å². The molecule has 0 saturated carbocycles. The molecule has 0 bridgehead atoms. The number of benzene rings is 2. The molecule has 10 heteroatoms. The van der Waals surface area contributed by atoms with E-state index in [0.29, 0.717) is 44.1 Å². The van der Waals surface area contributed by atoms with Crippen LogP contribution in [0.2, 0.25) is 0 Å². The SMILES string of the molecule is O=C(NCC1CCOCC1)N1CCC2(CC1)CN(S(=O)(=O)c1ccc(C(F)F)cc1)c1ccccc12. The molecule has 0 aromatic heterocycles. The van der Waals surface area contributed by atoms with Crippen molar-refractivity contribution >= 4 is 21.7 Å². The molecule has 2 aromatic carbocycles. The number of ether oxygens (including phenoxy) is 1. The summed E-state index contributed by atoms with van der Waals surface area (Å²) in [6.07, 6.45) is 0.539. The number of carbonyl (C=O) groups excluding carboxylic acids is 1. The lowest BCUT2D eigenvalue weighted by Crippen LogP contribution is -2.51. The van der Waals surface area contributed by atoms with Gasteiger partial charge in [-0.1, -0.05) is 30.3 Å². The summed E-state index contributed by atoms with van der Waals surface area (Å²) < 4.78 is 59.9. The molecule has 7 nitrogen and oxygen atoms in total. The Hall–Kier alpha value is -2.72. The highest BCUT2D eigenvalue weighted by Gasteiger charge is 2.48. The summed E-state index contributed by atoms with van der Waals surface area (Å²) in [5.41, 5.74) is 0.965. The summed E-state index contributed by atoms with van der Waals surface area (Å²) in [6.45, 7) is 3.45. The summed E-state index contributed by atoms with van der Waals surface area (Å²) >= 11 is 0. The predicted molar refractivity (Wildman–Crippen MR) is 132 cm³/mol. The number of halogens is 2. The Morgan fingerprint density at radius 2 is 1.72 bits per heavy atom. The fourth-order valence-electron chi connectivity index (χ4n) is 5.57. The highest BCUT2D eigenvalue weighted by Crippen LogP contribution is 2.48. The Morgan fingerprint density at radius 3 is 2.39 bits per heavy atom. The van der Waals surface area contributed by atoms with Crippen LogP contribution >= 0.6 is 0 Å². The zero-order valence-electron chi connectivity index (χ0n) is 20.0. The molecule has 2 aromatic rings. The first-order valence-corrected chi connectivity index (χ1v) is 13.9. The number of rotatable bonds is 5. The van der Waals surface area contributed by atoms with Crippen LogP contribution in [-0.2, 0) is 20.2 Å². The molecule has 194 valence electrons. The van der Waals surface area contributed by atoms with Crippen LogP contribution in [-0.4, -0.2) is 58.7 Å². The van der Waals surface area contributed by atoms with E-state index >= 15 is 0 Å². The standard InChI is InChI=1S/C26H31F2N3O4S/c27-24(28)20-5-7-21(8-6-20)36(33,34)31-18-26(22-3-1-2-4-23(22)31)11-13-30(14-12-26)25(32)29-17-19-9-15-35-16-10-19/h1-8,19,24H,9-18H2,(H,29,32). The van der Waals surface area contributed by atoms with Crippen molar-refractivity contribution in [3.63, 3.8) is 0 Å². The Balaban J connectivity index is 1.30. The summed E-state index contributed by atoms with van der Waals surface area (Å²) in [6, 6.07) is 12.2. The van der Waals surface area contributed by atoms with Crippen LogP contribution in [0.15, 0.2) is 53.4 Å². The molecule has 0 radical (unpaired) electrons. The average molecular weight is 520 g/mol. The first kappa shape index (κ1) is 25.0. The van der Waals surface area contributed by atoms with Gasteiger partial charge in [-0.15, -0.1) is 0 Å². The third-order valence-electron chi connectivity index (χ3n) is 7.80. The first-order chi connectivity index (χ1) is 17.3. The van der Waals surface area contributed by atoms with Crippen LogP contribution in [0.3, 0.4) is 0 Å². The number of urea groups is 1. The number of hydrogen-bond acceptors (Lipinski definition) is 4. The second kappa shape index (κ2) is 9.97. The highest BCUT2D eigenvalue weighted by molar-refractivity contribution is 7.92. The van der Waals surface area contributed by atoms with Gasteiger partial charge in [0.2, 0.25) is 0 Å². The van der Waals surface area contributed by atoms with Crippen LogP contribution < -0.4 is 9.62 Å². The lowest BCUT2D eigenvalue weighted by molar-refractivity contribution is 0.0661. The minimum atomic E-state index is -3.94. The number of carbonyl (C=O) groups is 1. The number of sulfonamides is 1. The Labute approximate surface area is 210 Å². The Kier molecular flexibility index (Phi) is 6.91. The van der Waals surface area contributed by atoms with Gasteiger partial charge in [0.05, 0.1) is 10.6 Å². The largest absolute Gasteiger partial charge is 0.381 e. The molecule has 1 spiro atoms. The van der Waals surface area contributed by atoms with Crippen molar-refractivity contribution in [3.8, 4) is 0 Å². The van der Waals surface area contributed by atoms with Gasteiger partial charge in [-0.2, -0.15) is 0 Å². The summed E-state index contributed by atoms with van der Waals surface area (Å²) in [5, 5.41) is 3.06. The lowest BCUT2D eigenvalue weighted by Gasteiger charge is -2.40. The van der Waals surface area contributed by atoms with Gasteiger partial charge in [-0.25, -0.2) is 22.0 Å². The van der Waals surface area contributed by atoms with Crippen molar-refractivity contribution in [2.75, 3.05) is 43.7 Å². The number of nitrogens with one attached hydrogen (secondary N) is 1. The van der Waals surface area contributed by atoms with Crippen molar-refractivity contribution in [1.29, 1.82) is 0 Å². The van der Waals surface area contributed by atoms with E-state index in [9.17, 15) is 22.0 Å². The van der Waals surface area contributed by atoms with E-state index in [-0.39, 0.29) is 23.0 Å². The number of fused-ring (bicyclic) bond motifs is 2. The number of amides is 2. The number of para-hydroxylation sites is 1. The number of anilines is 1. The molecule has 3 heterocycles. The summed E-state index contributed by atoms with van der Waals surface area (Å²) in [7, 11) is -3.94. The third-order valence-corrected chi connectivity index (χ3v) is 9.57. The lowest BCUT2D eigenvalue weighted by atomic mass is 9.74. The molecule has 3 aliphatic heterocycles. The quantitative estimate of drug-likeness (QED) is 0.639. The van der Waals surface area contributed by atoms with E-state index in [2.05, 4.69) is 5.32 Å². The molecule has 0 atom stereocenters. The van der Waals surface area contributed by atoms with Crippen molar-refractivity contribution in [1.82, 2.24) is 10.2 Å². The van der Waals surface area contributed by atoms with Crippen molar-refractivity contribution < 1.29 is 26.7 Å². The van der Waals surface area contributed by atoms with Crippen molar-refractivity contribution in [2.45, 2.75) is 42.4 Å². The second-order valence-corrected chi connectivity index (χ2v) is 11.8. The Bertz CT molecular complexity index is 1190. The summed E-state index contributed by atoms with van der Waals surface area (Å²) in [5.74, 6) is 0.439. The smallest absolute Gasteiger partial charge is 0.317 e. The molecule has 1 N–H and O–H groups in total. The molecule has 2 saturated heterocycles. The fourth-order valence-corrected chi connectivity index (χ4v) is 7.14. The Morgan fingerprint density at radius 1 is 1.06 bits per heavy atom. The first-order valence-electron chi connectivity index (χ1n) is 12.4. The number of hydrogen-bond donors (Lipinski definition) is 1. The minimum absolute atomic E-state index is 0.0105. The van der Waals surface area contributed by atoms with E-state index in [1.165, 1.54) is 16.4 Å². The van der Waals surface area contributed by atoms with E-state index < -0.39 is 21.9 Å². The fraction of sp³-hybridized carbons (Fsp3) is 0.500. The zero-order valence-corrected chi connectivity index (χ0v) is 20.9. The minimum Gasteiger partial charge on any atom is -0.381 e. The van der Waals surface area contributed by atoms with Crippen LogP contribution in [0.4, 0.5) is 19.3 Å². The van der Waals surface area contributed by atoms with Gasteiger partial charge in [0.25, 0.3) is 16.4 Å². The van der Waals surface area contributed by atoms with Gasteiger partial charge in [0, 0.05) is 50.4 Å². The monoisotopic (exact) mass is 519 g/mol. The molecule has 2 amide bonds. The van der Waals surface area contributed by atoms with E-state index in [1.807, 2.05) is 17.0 Å². The van der Waals surface area contributed by atoms with Gasteiger partial charge in [-0.3, -0.25) is 4.31 Å². The maximum absolute atomic E-state index is 13.6. The molecule has 0 unspecified atom stereocenters. The van der Waals surface area contributed by atoms with Crippen LogP contribution in [0.5, 0.6) is 0 Å². The number of piperidine rings is 1. The van der Waals surface area contributed by atoms with Crippen molar-refractivity contribution in [3.05, 3.63) is 59.7 Å². The second-order valence-electron chi connectivity index (χ2n) is 9.91. The molecule has 36 heavy (non-hydrogen) atoms. The van der Waals surface area contributed by atoms with Gasteiger partial charge < -0.3 is 15.0 Å². The maximum atomic E-state index is 13.6. The zero-order chi connectivity index (χ0) is 25.3. The third kappa shape index (κ3) is 4.68. The molecule has 2 fully saturated rings. The van der Waals surface area contributed by atoms with Crippen LogP contribution in [0, 0.1) is 5.92 Å². The topological polar surface area (TPSA) is 79.0 Å². The highest BCUT2D eigenvalue weighted by atomic mass is 32.2. The summed E-state index contributed by atoms with van der Waals surface area (Å²) in [4.78, 5) is 14.6. The number of nitrogens with zero attached hydrogens (tertiary/aromatic N) is 2. The number of likely N-dealkylation sites (tertiary alicyclic amines) is 1. The van der Waals surface area contributed by atoms with Crippen LogP contribution in [0.25, 0.3) is 0 Å². The van der Waals surface area contributed by atoms with E-state index in [4.69, 9.17) is 4.74 Å². The molecular formula is C26H31F2N3O4S. The predicted octanol–water partition coefficient (Wildman–Crippen LogP) is 4.30. The van der Waals surface area contributed by atoms with Crippen LogP contribution in [0.1, 0.15) is 43.2 Å². The average Bonchev–Trinajstić information content (AvgIpc) is 3.23. The van der Waals surface area contributed by atoms with E-state index in [0.717, 1.165) is 43.8 Å². The molecule has 0 aliphatic carbocycles. The molecule has 5 rings (SSSR count). The van der Waals surface area contributed by atoms with Gasteiger partial charge >= 0.3 is 6.03 Å². The van der Waals surface area contributed by atoms with Crippen molar-refractivity contribution in [2.24, 2.45) is 5.92 Å². The molecular weight excluding hydrogens is 488 g/mol. The maximum Gasteiger partial charge on any atom is 0.317 e. The van der Waals surface area contributed by atoms with Gasteiger partial charge in [0.1, 0.15) is 0 Å². The van der Waals surface area contributed by atoms with Gasteiger partial charge in [0.15, 0.2) is 0 Å².